The van der Waals surface area contributed by atoms with Crippen molar-refractivity contribution in [1.82, 2.24) is 4.90 Å². The average Bonchev–Trinajstić information content (AvgIpc) is 2.61. The lowest BCUT2D eigenvalue weighted by atomic mass is 10.2. The molecule has 0 unspecified atom stereocenters. The van der Waals surface area contributed by atoms with Gasteiger partial charge in [-0.1, -0.05) is 23.7 Å². The van der Waals surface area contributed by atoms with Crippen LogP contribution in [0.5, 0.6) is 5.75 Å². The van der Waals surface area contributed by atoms with Crippen LogP contribution in [0.25, 0.3) is 0 Å². The van der Waals surface area contributed by atoms with E-state index in [2.05, 4.69) is 5.32 Å². The maximum Gasteiger partial charge on any atom is 0.260 e. The minimum atomic E-state index is -0.376. The first-order valence-corrected chi connectivity index (χ1v) is 7.78. The molecule has 1 N–H and O–H groups in total. The van der Waals surface area contributed by atoms with Gasteiger partial charge in [0.1, 0.15) is 11.8 Å². The van der Waals surface area contributed by atoms with Gasteiger partial charge in [-0.05, 0) is 36.4 Å². The van der Waals surface area contributed by atoms with Crippen molar-refractivity contribution in [3.63, 3.8) is 0 Å². The molecule has 7 heteroatoms. The number of carbonyl (C=O) groups is 2. The van der Waals surface area contributed by atoms with Crippen LogP contribution < -0.4 is 10.1 Å². The lowest BCUT2D eigenvalue weighted by Gasteiger charge is -2.17. The lowest BCUT2D eigenvalue weighted by molar-refractivity contribution is -0.135. The molecule has 0 aliphatic heterocycles. The molecule has 6 nitrogen and oxygen atoms in total. The third kappa shape index (κ3) is 5.52. The number of amides is 2. The molecule has 0 fully saturated rings. The summed E-state index contributed by atoms with van der Waals surface area (Å²) < 4.78 is 5.36. The van der Waals surface area contributed by atoms with Gasteiger partial charge in [-0.2, -0.15) is 5.26 Å². The van der Waals surface area contributed by atoms with Gasteiger partial charge in [0, 0.05) is 17.8 Å². The summed E-state index contributed by atoms with van der Waals surface area (Å²) in [5.41, 5.74) is 0.938. The minimum absolute atomic E-state index is 0.120. The fraction of sp³-hybridized carbons (Fsp3) is 0.167. The molecule has 0 radical (unpaired) electrons. The Morgan fingerprint density at radius 3 is 2.56 bits per heavy atom. The third-order valence-electron chi connectivity index (χ3n) is 3.29. The van der Waals surface area contributed by atoms with Crippen molar-refractivity contribution < 1.29 is 14.3 Å². The van der Waals surface area contributed by atoms with E-state index in [1.54, 1.807) is 48.5 Å². The van der Waals surface area contributed by atoms with E-state index in [9.17, 15) is 9.59 Å². The highest BCUT2D eigenvalue weighted by molar-refractivity contribution is 6.30. The van der Waals surface area contributed by atoms with Gasteiger partial charge in [0.2, 0.25) is 5.91 Å². The molecule has 0 spiro atoms. The van der Waals surface area contributed by atoms with E-state index in [-0.39, 0.29) is 25.0 Å². The number of hydrogen-bond acceptors (Lipinski definition) is 4. The molecular weight excluding hydrogens is 342 g/mol. The molecule has 0 atom stereocenters. The van der Waals surface area contributed by atoms with Crippen molar-refractivity contribution in [3.05, 3.63) is 59.1 Å². The molecule has 2 rings (SSSR count). The van der Waals surface area contributed by atoms with Crippen molar-refractivity contribution in [2.75, 3.05) is 25.5 Å². The summed E-state index contributed by atoms with van der Waals surface area (Å²) in [7, 11) is 1.50. The molecule has 2 aromatic carbocycles. The number of nitrogens with zero attached hydrogens (tertiary/aromatic N) is 2. The van der Waals surface area contributed by atoms with E-state index in [0.717, 1.165) is 0 Å². The molecule has 25 heavy (non-hydrogen) atoms. The number of ether oxygens (including phenoxy) is 1. The summed E-state index contributed by atoms with van der Waals surface area (Å²) in [6.07, 6.45) is 0. The fourth-order valence-electron chi connectivity index (χ4n) is 1.97. The van der Waals surface area contributed by atoms with Gasteiger partial charge in [0.15, 0.2) is 6.61 Å². The van der Waals surface area contributed by atoms with Crippen LogP contribution >= 0.6 is 11.6 Å². The number of para-hydroxylation sites is 1. The fourth-order valence-corrected chi connectivity index (χ4v) is 2.10. The number of nitriles is 1. The summed E-state index contributed by atoms with van der Waals surface area (Å²) in [5.74, 6) is -0.382. The normalized spacial score (nSPS) is 9.80. The van der Waals surface area contributed by atoms with E-state index < -0.39 is 0 Å². The van der Waals surface area contributed by atoms with E-state index in [1.165, 1.54) is 11.9 Å². The van der Waals surface area contributed by atoms with Gasteiger partial charge >= 0.3 is 0 Å². The molecule has 0 saturated carbocycles. The van der Waals surface area contributed by atoms with Gasteiger partial charge in [-0.25, -0.2) is 0 Å². The number of nitrogens with one attached hydrogen (secondary N) is 1. The molecular formula is C18H16ClN3O3. The van der Waals surface area contributed by atoms with Crippen LogP contribution in [0.1, 0.15) is 5.56 Å². The Morgan fingerprint density at radius 1 is 1.20 bits per heavy atom. The van der Waals surface area contributed by atoms with Gasteiger partial charge in [-0.3, -0.25) is 9.59 Å². The summed E-state index contributed by atoms with van der Waals surface area (Å²) in [5, 5.41) is 12.2. The largest absolute Gasteiger partial charge is 0.482 e. The van der Waals surface area contributed by atoms with Gasteiger partial charge in [-0.15, -0.1) is 0 Å². The van der Waals surface area contributed by atoms with Gasteiger partial charge in [0.25, 0.3) is 5.91 Å². The average molecular weight is 358 g/mol. The molecule has 0 aliphatic carbocycles. The van der Waals surface area contributed by atoms with Crippen LogP contribution in [-0.2, 0) is 9.59 Å². The minimum Gasteiger partial charge on any atom is -0.482 e. The Labute approximate surface area is 150 Å². The number of benzene rings is 2. The van der Waals surface area contributed by atoms with Crippen molar-refractivity contribution in [1.29, 1.82) is 5.26 Å². The summed E-state index contributed by atoms with van der Waals surface area (Å²) in [4.78, 5) is 25.3. The number of likely N-dealkylation sites (N-methyl/N-ethyl adjacent to an activating group) is 1. The highest BCUT2D eigenvalue weighted by atomic mass is 35.5. The Balaban J connectivity index is 1.84. The standard InChI is InChI=1S/C18H16ClN3O3/c1-22(11-17(23)21-15-8-6-14(19)7-9-15)18(24)12-25-16-5-3-2-4-13(16)10-20/h2-9H,11-12H2,1H3,(H,21,23). The molecule has 0 saturated heterocycles. The van der Waals surface area contributed by atoms with Crippen LogP contribution in [0.2, 0.25) is 5.02 Å². The van der Waals surface area contributed by atoms with Crippen LogP contribution in [0.4, 0.5) is 5.69 Å². The van der Waals surface area contributed by atoms with Gasteiger partial charge < -0.3 is 15.0 Å². The molecule has 0 heterocycles. The zero-order chi connectivity index (χ0) is 18.2. The molecule has 0 bridgehead atoms. The number of halogens is 1. The second-order valence-corrected chi connectivity index (χ2v) is 5.64. The third-order valence-corrected chi connectivity index (χ3v) is 3.55. The Morgan fingerprint density at radius 2 is 1.88 bits per heavy atom. The first kappa shape index (κ1) is 18.3. The van der Waals surface area contributed by atoms with E-state index in [1.807, 2.05) is 6.07 Å². The highest BCUT2D eigenvalue weighted by Gasteiger charge is 2.14. The van der Waals surface area contributed by atoms with Crippen LogP contribution in [0, 0.1) is 11.3 Å². The monoisotopic (exact) mass is 357 g/mol. The smallest absolute Gasteiger partial charge is 0.260 e. The van der Waals surface area contributed by atoms with Gasteiger partial charge in [0.05, 0.1) is 12.1 Å². The predicted octanol–water partition coefficient (Wildman–Crippen LogP) is 2.69. The summed E-state index contributed by atoms with van der Waals surface area (Å²) in [6.45, 7) is -0.381. The molecule has 2 amide bonds. The topological polar surface area (TPSA) is 82.4 Å². The summed E-state index contributed by atoms with van der Waals surface area (Å²) in [6, 6.07) is 15.3. The molecule has 0 aliphatic rings. The number of anilines is 1. The lowest BCUT2D eigenvalue weighted by Crippen LogP contribution is -2.37. The Bertz CT molecular complexity index is 800. The van der Waals surface area contributed by atoms with Crippen LogP contribution in [0.15, 0.2) is 48.5 Å². The zero-order valence-electron chi connectivity index (χ0n) is 13.5. The number of rotatable bonds is 6. The Hall–Kier alpha value is -3.04. The SMILES string of the molecule is CN(CC(=O)Nc1ccc(Cl)cc1)C(=O)COc1ccccc1C#N. The number of hydrogen-bond donors (Lipinski definition) is 1. The highest BCUT2D eigenvalue weighted by Crippen LogP contribution is 2.16. The first-order chi connectivity index (χ1) is 12.0. The maximum atomic E-state index is 12.1. The quantitative estimate of drug-likeness (QED) is 0.861. The second kappa shape index (κ2) is 8.71. The van der Waals surface area contributed by atoms with Crippen molar-refractivity contribution in [3.8, 4) is 11.8 Å². The van der Waals surface area contributed by atoms with Crippen molar-refractivity contribution in [2.24, 2.45) is 0 Å². The first-order valence-electron chi connectivity index (χ1n) is 7.41. The van der Waals surface area contributed by atoms with E-state index in [0.29, 0.717) is 22.0 Å². The van der Waals surface area contributed by atoms with Crippen LogP contribution in [-0.4, -0.2) is 36.9 Å². The zero-order valence-corrected chi connectivity index (χ0v) is 14.3. The predicted molar refractivity (Wildman–Crippen MR) is 94.4 cm³/mol. The van der Waals surface area contributed by atoms with Crippen molar-refractivity contribution in [2.45, 2.75) is 0 Å². The van der Waals surface area contributed by atoms with E-state index in [4.69, 9.17) is 21.6 Å². The summed E-state index contributed by atoms with van der Waals surface area (Å²) >= 11 is 5.78. The van der Waals surface area contributed by atoms with Crippen molar-refractivity contribution >= 4 is 29.1 Å². The molecule has 2 aromatic rings. The second-order valence-electron chi connectivity index (χ2n) is 5.20. The molecule has 128 valence electrons. The van der Waals surface area contributed by atoms with Crippen LogP contribution in [0.3, 0.4) is 0 Å². The number of carbonyl (C=O) groups excluding carboxylic acids is 2. The molecule has 0 aromatic heterocycles. The maximum absolute atomic E-state index is 12.1. The Kier molecular flexibility index (Phi) is 6.38. The van der Waals surface area contributed by atoms with E-state index >= 15 is 0 Å².